The largest absolute Gasteiger partial charge is 0.488 e. The molecule has 20 heavy (non-hydrogen) atoms. The van der Waals surface area contributed by atoms with Gasteiger partial charge in [0.1, 0.15) is 17.6 Å². The van der Waals surface area contributed by atoms with E-state index in [1.165, 1.54) is 0 Å². The summed E-state index contributed by atoms with van der Waals surface area (Å²) < 4.78 is 16.3. The van der Waals surface area contributed by atoms with Gasteiger partial charge in [-0.15, -0.1) is 0 Å². The van der Waals surface area contributed by atoms with Crippen LogP contribution in [0.2, 0.25) is 5.02 Å². The molecule has 1 atom stereocenters. The molecular formula is C15H16ClNO3. The van der Waals surface area contributed by atoms with Crippen molar-refractivity contribution in [3.8, 4) is 17.4 Å². The monoisotopic (exact) mass is 293 g/mol. The maximum absolute atomic E-state index is 5.76. The molecule has 0 aliphatic carbocycles. The summed E-state index contributed by atoms with van der Waals surface area (Å²) in [6.45, 7) is 2.50. The van der Waals surface area contributed by atoms with Gasteiger partial charge in [0.25, 0.3) is 0 Å². The number of nitrogens with zero attached hydrogens (tertiary/aromatic N) is 1. The van der Waals surface area contributed by atoms with Crippen molar-refractivity contribution in [2.45, 2.75) is 13.0 Å². The highest BCUT2D eigenvalue weighted by Crippen LogP contribution is 2.23. The van der Waals surface area contributed by atoms with Gasteiger partial charge in [-0.3, -0.25) is 0 Å². The van der Waals surface area contributed by atoms with Gasteiger partial charge in [-0.25, -0.2) is 4.98 Å². The third kappa shape index (κ3) is 4.40. The number of pyridine rings is 1. The molecule has 1 heterocycles. The first kappa shape index (κ1) is 14.6. The average Bonchev–Trinajstić information content (AvgIpc) is 2.44. The topological polar surface area (TPSA) is 40.6 Å². The van der Waals surface area contributed by atoms with Crippen LogP contribution >= 0.6 is 11.6 Å². The van der Waals surface area contributed by atoms with E-state index >= 15 is 0 Å². The van der Waals surface area contributed by atoms with Crippen molar-refractivity contribution in [3.05, 3.63) is 47.6 Å². The van der Waals surface area contributed by atoms with Crippen LogP contribution in [-0.4, -0.2) is 24.8 Å². The Hall–Kier alpha value is -1.78. The zero-order chi connectivity index (χ0) is 14.4. The molecule has 1 aromatic carbocycles. The lowest BCUT2D eigenvalue weighted by atomic mass is 10.3. The molecule has 0 bridgehead atoms. The van der Waals surface area contributed by atoms with Crippen molar-refractivity contribution in [1.29, 1.82) is 0 Å². The second-order valence-corrected chi connectivity index (χ2v) is 4.71. The first-order chi connectivity index (χ1) is 9.67. The van der Waals surface area contributed by atoms with E-state index in [0.29, 0.717) is 23.3 Å². The molecule has 1 aromatic heterocycles. The lowest BCUT2D eigenvalue weighted by molar-refractivity contribution is 0.0920. The summed E-state index contributed by atoms with van der Waals surface area (Å²) in [4.78, 5) is 4.07. The van der Waals surface area contributed by atoms with E-state index < -0.39 is 0 Å². The van der Waals surface area contributed by atoms with E-state index in [9.17, 15) is 0 Å². The lowest BCUT2D eigenvalue weighted by Gasteiger charge is -2.13. The molecule has 0 saturated heterocycles. The molecule has 0 saturated carbocycles. The number of halogens is 1. The second kappa shape index (κ2) is 7.12. The van der Waals surface area contributed by atoms with E-state index in [1.54, 1.807) is 25.4 Å². The van der Waals surface area contributed by atoms with Crippen LogP contribution < -0.4 is 9.47 Å². The van der Waals surface area contributed by atoms with Crippen molar-refractivity contribution in [3.63, 3.8) is 0 Å². The van der Waals surface area contributed by atoms with Gasteiger partial charge in [-0.2, -0.15) is 0 Å². The second-order valence-electron chi connectivity index (χ2n) is 4.27. The Morgan fingerprint density at radius 3 is 2.40 bits per heavy atom. The highest BCUT2D eigenvalue weighted by atomic mass is 35.5. The molecular weight excluding hydrogens is 278 g/mol. The summed E-state index contributed by atoms with van der Waals surface area (Å²) in [7, 11) is 1.65. The van der Waals surface area contributed by atoms with Crippen LogP contribution in [0.4, 0.5) is 0 Å². The summed E-state index contributed by atoms with van der Waals surface area (Å²) >= 11 is 5.76. The Morgan fingerprint density at radius 2 is 1.80 bits per heavy atom. The van der Waals surface area contributed by atoms with Crippen LogP contribution in [0.25, 0.3) is 0 Å². The quantitative estimate of drug-likeness (QED) is 0.809. The first-order valence-electron chi connectivity index (χ1n) is 6.22. The molecule has 5 heteroatoms. The number of ether oxygens (including phenoxy) is 3. The number of rotatable bonds is 6. The third-order valence-corrected chi connectivity index (χ3v) is 2.71. The summed E-state index contributed by atoms with van der Waals surface area (Å²) in [6.07, 6.45) is 1.55. The van der Waals surface area contributed by atoms with Crippen LogP contribution in [0.5, 0.6) is 17.4 Å². The van der Waals surface area contributed by atoms with Gasteiger partial charge in [0, 0.05) is 19.4 Å². The molecule has 2 rings (SSSR count). The Morgan fingerprint density at radius 1 is 1.10 bits per heavy atom. The molecule has 0 amide bonds. The SMILES string of the molecule is COCC(C)Oc1ccc(Oc2ccc(Cl)cn2)cc1. The van der Waals surface area contributed by atoms with Gasteiger partial charge in [0.15, 0.2) is 0 Å². The van der Waals surface area contributed by atoms with Crippen molar-refractivity contribution in [1.82, 2.24) is 4.98 Å². The van der Waals surface area contributed by atoms with Gasteiger partial charge in [-0.1, -0.05) is 11.6 Å². The minimum Gasteiger partial charge on any atom is -0.488 e. The predicted octanol–water partition coefficient (Wildman–Crippen LogP) is 3.94. The maximum Gasteiger partial charge on any atom is 0.219 e. The van der Waals surface area contributed by atoms with Gasteiger partial charge >= 0.3 is 0 Å². The molecule has 0 fully saturated rings. The van der Waals surface area contributed by atoms with E-state index in [4.69, 9.17) is 25.8 Å². The smallest absolute Gasteiger partial charge is 0.219 e. The molecule has 0 spiro atoms. The number of hydrogen-bond acceptors (Lipinski definition) is 4. The van der Waals surface area contributed by atoms with Crippen LogP contribution in [0.15, 0.2) is 42.6 Å². The Balaban J connectivity index is 1.96. The van der Waals surface area contributed by atoms with E-state index in [0.717, 1.165) is 5.75 Å². The average molecular weight is 294 g/mol. The molecule has 0 aliphatic rings. The molecule has 0 radical (unpaired) electrons. The number of methoxy groups -OCH3 is 1. The van der Waals surface area contributed by atoms with Crippen molar-refractivity contribution < 1.29 is 14.2 Å². The molecule has 106 valence electrons. The van der Waals surface area contributed by atoms with Crippen LogP contribution in [0.3, 0.4) is 0 Å². The summed E-state index contributed by atoms with van der Waals surface area (Å²) in [5.74, 6) is 1.95. The normalized spacial score (nSPS) is 11.9. The first-order valence-corrected chi connectivity index (χ1v) is 6.60. The molecule has 1 unspecified atom stereocenters. The number of hydrogen-bond donors (Lipinski definition) is 0. The van der Waals surface area contributed by atoms with E-state index in [-0.39, 0.29) is 6.10 Å². The minimum atomic E-state index is 0.00435. The van der Waals surface area contributed by atoms with Gasteiger partial charge < -0.3 is 14.2 Å². The zero-order valence-corrected chi connectivity index (χ0v) is 12.1. The fraction of sp³-hybridized carbons (Fsp3) is 0.267. The van der Waals surface area contributed by atoms with Crippen molar-refractivity contribution in [2.75, 3.05) is 13.7 Å². The Labute approximate surface area is 123 Å². The van der Waals surface area contributed by atoms with Crippen LogP contribution in [0, 0.1) is 0 Å². The highest BCUT2D eigenvalue weighted by Gasteiger charge is 2.04. The molecule has 2 aromatic rings. The van der Waals surface area contributed by atoms with E-state index in [1.807, 2.05) is 31.2 Å². The highest BCUT2D eigenvalue weighted by molar-refractivity contribution is 6.30. The number of benzene rings is 1. The summed E-state index contributed by atoms with van der Waals surface area (Å²) in [5, 5.41) is 0.577. The van der Waals surface area contributed by atoms with Gasteiger partial charge in [0.05, 0.1) is 11.6 Å². The van der Waals surface area contributed by atoms with Crippen LogP contribution in [0.1, 0.15) is 6.92 Å². The van der Waals surface area contributed by atoms with Gasteiger partial charge in [0.2, 0.25) is 5.88 Å². The number of aromatic nitrogens is 1. The Kier molecular flexibility index (Phi) is 5.21. The Bertz CT molecular complexity index is 528. The zero-order valence-electron chi connectivity index (χ0n) is 11.4. The van der Waals surface area contributed by atoms with Crippen LogP contribution in [-0.2, 0) is 4.74 Å². The predicted molar refractivity (Wildman–Crippen MR) is 77.7 cm³/mol. The van der Waals surface area contributed by atoms with Crippen molar-refractivity contribution >= 4 is 11.6 Å². The van der Waals surface area contributed by atoms with Gasteiger partial charge in [-0.05, 0) is 37.3 Å². The molecule has 4 nitrogen and oxygen atoms in total. The van der Waals surface area contributed by atoms with E-state index in [2.05, 4.69) is 4.98 Å². The molecule has 0 N–H and O–H groups in total. The standard InChI is InChI=1S/C15H16ClNO3/c1-11(10-18-2)19-13-4-6-14(7-5-13)20-15-8-3-12(16)9-17-15/h3-9,11H,10H2,1-2H3. The summed E-state index contributed by atoms with van der Waals surface area (Å²) in [6, 6.07) is 10.8. The fourth-order valence-electron chi connectivity index (χ4n) is 1.63. The fourth-order valence-corrected chi connectivity index (χ4v) is 1.74. The van der Waals surface area contributed by atoms with Crippen molar-refractivity contribution in [2.24, 2.45) is 0 Å². The molecule has 0 aliphatic heterocycles. The maximum atomic E-state index is 5.76. The lowest BCUT2D eigenvalue weighted by Crippen LogP contribution is -2.17. The summed E-state index contributed by atoms with van der Waals surface area (Å²) in [5.41, 5.74) is 0. The minimum absolute atomic E-state index is 0.00435. The third-order valence-electron chi connectivity index (χ3n) is 2.49.